The van der Waals surface area contributed by atoms with E-state index in [2.05, 4.69) is 10.3 Å². The zero-order valence-corrected chi connectivity index (χ0v) is 16.2. The highest BCUT2D eigenvalue weighted by molar-refractivity contribution is 5.93. The standard InChI is InChI=1S/C21H19N3O6/c1-11(2)21(26)23-18(12-5-6-16-17(8-12)30-10-29-16)14-9-15(24(27)28)13-4-3-7-22-19(13)20(14)25/h3-9,11,18,25H,10H2,1-2H3,(H,23,26)/p-1/t18-/m1/s1. The fraction of sp³-hybridized carbons (Fsp3) is 0.238. The molecule has 0 unspecified atom stereocenters. The third kappa shape index (κ3) is 3.34. The molecule has 0 saturated heterocycles. The number of pyridine rings is 1. The molecule has 1 atom stereocenters. The van der Waals surface area contributed by atoms with E-state index >= 15 is 0 Å². The van der Waals surface area contributed by atoms with Gasteiger partial charge in [0.25, 0.3) is 5.69 Å². The summed E-state index contributed by atoms with van der Waals surface area (Å²) in [6, 6.07) is 8.31. The smallest absolute Gasteiger partial charge is 0.279 e. The number of carbonyl (C=O) groups is 1. The Hall–Kier alpha value is -3.88. The molecule has 2 aromatic carbocycles. The van der Waals surface area contributed by atoms with Crippen LogP contribution in [0.3, 0.4) is 0 Å². The van der Waals surface area contributed by atoms with Gasteiger partial charge in [0.05, 0.1) is 21.9 Å². The first kappa shape index (κ1) is 19.4. The molecule has 0 radical (unpaired) electrons. The molecule has 0 saturated carbocycles. The third-order valence-corrected chi connectivity index (χ3v) is 4.90. The number of hydrogen-bond acceptors (Lipinski definition) is 7. The highest BCUT2D eigenvalue weighted by Crippen LogP contribution is 2.40. The predicted octanol–water partition coefficient (Wildman–Crippen LogP) is 2.81. The van der Waals surface area contributed by atoms with E-state index in [-0.39, 0.29) is 40.8 Å². The van der Waals surface area contributed by atoms with E-state index in [0.717, 1.165) is 0 Å². The summed E-state index contributed by atoms with van der Waals surface area (Å²) < 4.78 is 10.7. The maximum atomic E-state index is 13.2. The van der Waals surface area contributed by atoms with Crippen molar-refractivity contribution >= 4 is 22.5 Å². The number of hydrogen-bond donors (Lipinski definition) is 1. The predicted molar refractivity (Wildman–Crippen MR) is 105 cm³/mol. The molecule has 1 N–H and O–H groups in total. The topological polar surface area (TPSA) is 127 Å². The fourth-order valence-electron chi connectivity index (χ4n) is 3.33. The number of nitro benzene ring substituents is 1. The minimum atomic E-state index is -0.924. The van der Waals surface area contributed by atoms with Crippen molar-refractivity contribution in [3.05, 3.63) is 63.8 Å². The summed E-state index contributed by atoms with van der Waals surface area (Å²) in [5.41, 5.74) is 0.319. The molecular formula is C21H18N3O6-. The number of ether oxygens (including phenoxy) is 2. The largest absolute Gasteiger partial charge is 0.871 e. The number of rotatable bonds is 5. The quantitative estimate of drug-likeness (QED) is 0.508. The number of fused-ring (bicyclic) bond motifs is 2. The number of carbonyl (C=O) groups excluding carboxylic acids is 1. The van der Waals surface area contributed by atoms with Gasteiger partial charge < -0.3 is 19.9 Å². The first-order chi connectivity index (χ1) is 14.4. The van der Waals surface area contributed by atoms with Gasteiger partial charge in [-0.2, -0.15) is 0 Å². The second-order valence-corrected chi connectivity index (χ2v) is 7.18. The molecule has 0 bridgehead atoms. The molecule has 1 aromatic heterocycles. The molecule has 3 aromatic rings. The fourth-order valence-corrected chi connectivity index (χ4v) is 3.33. The van der Waals surface area contributed by atoms with E-state index in [1.807, 2.05) is 0 Å². The molecule has 9 heteroatoms. The summed E-state index contributed by atoms with van der Waals surface area (Å²) in [5.74, 6) is -0.132. The van der Waals surface area contributed by atoms with Crippen LogP contribution in [0.4, 0.5) is 5.69 Å². The SMILES string of the molecule is CC(C)C(=O)N[C@H](c1ccc2c(c1)OCO2)c1cc([N+](=O)[O-])c2cccnc2c1[O-]. The third-order valence-electron chi connectivity index (χ3n) is 4.90. The van der Waals surface area contributed by atoms with E-state index < -0.39 is 16.7 Å². The van der Waals surface area contributed by atoms with Crippen molar-refractivity contribution in [2.75, 3.05) is 6.79 Å². The molecule has 0 spiro atoms. The van der Waals surface area contributed by atoms with E-state index in [1.54, 1.807) is 32.0 Å². The maximum Gasteiger partial charge on any atom is 0.279 e. The number of nitro groups is 1. The summed E-state index contributed by atoms with van der Waals surface area (Å²) in [4.78, 5) is 27.7. The first-order valence-corrected chi connectivity index (χ1v) is 9.29. The number of aromatic nitrogens is 1. The van der Waals surface area contributed by atoms with Crippen molar-refractivity contribution in [1.82, 2.24) is 10.3 Å². The lowest BCUT2D eigenvalue weighted by Gasteiger charge is -2.26. The molecular weight excluding hydrogens is 390 g/mol. The number of nitrogens with zero attached hydrogens (tertiary/aromatic N) is 2. The van der Waals surface area contributed by atoms with Crippen LogP contribution in [0, 0.1) is 16.0 Å². The van der Waals surface area contributed by atoms with Gasteiger partial charge in [-0.05, 0) is 35.4 Å². The maximum absolute atomic E-state index is 13.2. The molecule has 4 rings (SSSR count). The Morgan fingerprint density at radius 2 is 1.97 bits per heavy atom. The van der Waals surface area contributed by atoms with Crippen molar-refractivity contribution in [3.63, 3.8) is 0 Å². The van der Waals surface area contributed by atoms with Crippen LogP contribution in [0.15, 0.2) is 42.6 Å². The monoisotopic (exact) mass is 408 g/mol. The Morgan fingerprint density at radius 1 is 1.20 bits per heavy atom. The van der Waals surface area contributed by atoms with Gasteiger partial charge in [0, 0.05) is 18.2 Å². The average Bonchev–Trinajstić information content (AvgIpc) is 3.20. The highest BCUT2D eigenvalue weighted by atomic mass is 16.7. The summed E-state index contributed by atoms with van der Waals surface area (Å²) in [7, 11) is 0. The Labute approximate surface area is 171 Å². The molecule has 9 nitrogen and oxygen atoms in total. The zero-order valence-electron chi connectivity index (χ0n) is 16.2. The Kier molecular flexibility index (Phi) is 4.86. The first-order valence-electron chi connectivity index (χ1n) is 9.29. The molecule has 0 fully saturated rings. The van der Waals surface area contributed by atoms with Gasteiger partial charge in [-0.15, -0.1) is 0 Å². The molecule has 154 valence electrons. The van der Waals surface area contributed by atoms with Crippen LogP contribution in [-0.4, -0.2) is 22.6 Å². The van der Waals surface area contributed by atoms with Gasteiger partial charge >= 0.3 is 0 Å². The lowest BCUT2D eigenvalue weighted by Crippen LogP contribution is -2.33. The van der Waals surface area contributed by atoms with Crippen LogP contribution in [0.5, 0.6) is 17.2 Å². The number of amides is 1. The van der Waals surface area contributed by atoms with Crippen LogP contribution < -0.4 is 19.9 Å². The summed E-state index contributed by atoms with van der Waals surface area (Å²) in [5, 5.41) is 27.9. The van der Waals surface area contributed by atoms with Gasteiger partial charge in [-0.25, -0.2) is 0 Å². The summed E-state index contributed by atoms with van der Waals surface area (Å²) >= 11 is 0. The number of nitrogens with one attached hydrogen (secondary N) is 1. The summed E-state index contributed by atoms with van der Waals surface area (Å²) in [6.07, 6.45) is 1.40. The number of non-ortho nitro benzene ring substituents is 1. The second kappa shape index (κ2) is 7.51. The summed E-state index contributed by atoms with van der Waals surface area (Å²) in [6.45, 7) is 3.50. The minimum absolute atomic E-state index is 0.0220. The van der Waals surface area contributed by atoms with Crippen LogP contribution in [-0.2, 0) is 4.79 Å². The Balaban J connectivity index is 1.93. The van der Waals surface area contributed by atoms with Gasteiger partial charge in [0.2, 0.25) is 12.7 Å². The molecule has 1 amide bonds. The minimum Gasteiger partial charge on any atom is -0.871 e. The molecule has 0 aliphatic carbocycles. The molecule has 30 heavy (non-hydrogen) atoms. The van der Waals surface area contributed by atoms with Gasteiger partial charge in [-0.3, -0.25) is 19.9 Å². The van der Waals surface area contributed by atoms with Crippen LogP contribution >= 0.6 is 0 Å². The Morgan fingerprint density at radius 3 is 2.70 bits per heavy atom. The van der Waals surface area contributed by atoms with Crippen molar-refractivity contribution in [1.29, 1.82) is 0 Å². The Bertz CT molecular complexity index is 1160. The van der Waals surface area contributed by atoms with Crippen molar-refractivity contribution in [2.24, 2.45) is 5.92 Å². The number of benzene rings is 2. The van der Waals surface area contributed by atoms with E-state index in [0.29, 0.717) is 17.1 Å². The molecule has 1 aliphatic rings. The van der Waals surface area contributed by atoms with Crippen molar-refractivity contribution in [2.45, 2.75) is 19.9 Å². The van der Waals surface area contributed by atoms with Crippen molar-refractivity contribution in [3.8, 4) is 17.2 Å². The van der Waals surface area contributed by atoms with Gasteiger partial charge in [0.1, 0.15) is 0 Å². The highest BCUT2D eigenvalue weighted by Gasteiger charge is 2.26. The lowest BCUT2D eigenvalue weighted by atomic mass is 9.94. The van der Waals surface area contributed by atoms with Crippen LogP contribution in [0.25, 0.3) is 10.9 Å². The van der Waals surface area contributed by atoms with E-state index in [1.165, 1.54) is 24.4 Å². The average molecular weight is 408 g/mol. The lowest BCUT2D eigenvalue weighted by molar-refractivity contribution is -0.383. The van der Waals surface area contributed by atoms with E-state index in [9.17, 15) is 20.0 Å². The molecule has 1 aliphatic heterocycles. The molecule has 2 heterocycles. The van der Waals surface area contributed by atoms with Crippen LogP contribution in [0.2, 0.25) is 0 Å². The van der Waals surface area contributed by atoms with E-state index in [4.69, 9.17) is 9.47 Å². The van der Waals surface area contributed by atoms with Crippen LogP contribution in [0.1, 0.15) is 31.0 Å². The van der Waals surface area contributed by atoms with Gasteiger partial charge in [0.15, 0.2) is 11.5 Å². The second-order valence-electron chi connectivity index (χ2n) is 7.18. The van der Waals surface area contributed by atoms with Crippen molar-refractivity contribution < 1.29 is 24.3 Å². The zero-order chi connectivity index (χ0) is 21.4. The normalized spacial score (nSPS) is 13.4. The van der Waals surface area contributed by atoms with Gasteiger partial charge in [-0.1, -0.05) is 25.7 Å².